The van der Waals surface area contributed by atoms with Gasteiger partial charge in [-0.3, -0.25) is 14.4 Å². The highest BCUT2D eigenvalue weighted by Gasteiger charge is 2.19. The first-order chi connectivity index (χ1) is 28.5. The second-order valence-electron chi connectivity index (χ2n) is 15.7. The van der Waals surface area contributed by atoms with Gasteiger partial charge in [0.05, 0.1) is 0 Å². The van der Waals surface area contributed by atoms with E-state index in [9.17, 15) is 14.4 Å². The van der Waals surface area contributed by atoms with Crippen LogP contribution < -0.4 is 0 Å². The molecule has 0 aromatic heterocycles. The van der Waals surface area contributed by atoms with Gasteiger partial charge in [-0.15, -0.1) is 0 Å². The highest BCUT2D eigenvalue weighted by Crippen LogP contribution is 2.12. The molecule has 0 bridgehead atoms. The van der Waals surface area contributed by atoms with Crippen molar-refractivity contribution >= 4 is 17.9 Å². The summed E-state index contributed by atoms with van der Waals surface area (Å²) in [5.74, 6) is -1.02. The van der Waals surface area contributed by atoms with Gasteiger partial charge in [0.2, 0.25) is 0 Å². The Bertz CT molecular complexity index is 1110. The molecule has 0 aliphatic heterocycles. The predicted octanol–water partition coefficient (Wildman–Crippen LogP) is 15.5. The van der Waals surface area contributed by atoms with Gasteiger partial charge >= 0.3 is 17.9 Å². The molecule has 6 heteroatoms. The molecule has 0 N–H and O–H groups in total. The van der Waals surface area contributed by atoms with Crippen molar-refractivity contribution in [3.63, 3.8) is 0 Å². The van der Waals surface area contributed by atoms with E-state index in [2.05, 4.69) is 93.7 Å². The van der Waals surface area contributed by atoms with Crippen LogP contribution in [0.4, 0.5) is 0 Å². The van der Waals surface area contributed by atoms with Gasteiger partial charge in [0.15, 0.2) is 6.10 Å². The number of carbonyl (C=O) groups is 3. The molecular formula is C52H88O6. The minimum atomic E-state index is -0.813. The number of carbonyl (C=O) groups excluding carboxylic acids is 3. The van der Waals surface area contributed by atoms with Crippen LogP contribution in [-0.2, 0) is 28.6 Å². The molecule has 0 aliphatic carbocycles. The van der Waals surface area contributed by atoms with Crippen molar-refractivity contribution in [2.24, 2.45) is 0 Å². The van der Waals surface area contributed by atoms with Gasteiger partial charge in [0.25, 0.3) is 0 Å². The molecule has 0 heterocycles. The molecule has 0 amide bonds. The first kappa shape index (κ1) is 54.9. The summed E-state index contributed by atoms with van der Waals surface area (Å²) in [5.41, 5.74) is 0. The van der Waals surface area contributed by atoms with Gasteiger partial charge in [-0.05, 0) is 103 Å². The molecule has 0 aromatic carbocycles. The van der Waals surface area contributed by atoms with Crippen LogP contribution in [0.1, 0.15) is 220 Å². The maximum atomic E-state index is 12.7. The third kappa shape index (κ3) is 44.0. The molecule has 58 heavy (non-hydrogen) atoms. The van der Waals surface area contributed by atoms with Crippen molar-refractivity contribution in [2.45, 2.75) is 226 Å². The fraction of sp³-hybridized carbons (Fsp3) is 0.712. The Morgan fingerprint density at radius 3 is 1.09 bits per heavy atom. The molecule has 332 valence electrons. The second-order valence-corrected chi connectivity index (χ2v) is 15.7. The Morgan fingerprint density at radius 2 is 0.638 bits per heavy atom. The van der Waals surface area contributed by atoms with Crippen molar-refractivity contribution in [2.75, 3.05) is 13.2 Å². The first-order valence-corrected chi connectivity index (χ1v) is 23.9. The number of rotatable bonds is 42. The summed E-state index contributed by atoms with van der Waals surface area (Å²) in [5, 5.41) is 0. The zero-order valence-electron chi connectivity index (χ0n) is 37.8. The second kappa shape index (κ2) is 46.5. The number of hydrogen-bond donors (Lipinski definition) is 0. The molecule has 0 radical (unpaired) electrons. The van der Waals surface area contributed by atoms with Gasteiger partial charge in [0, 0.05) is 19.3 Å². The van der Waals surface area contributed by atoms with Crippen molar-refractivity contribution < 1.29 is 28.6 Å². The van der Waals surface area contributed by atoms with Crippen molar-refractivity contribution in [1.82, 2.24) is 0 Å². The lowest BCUT2D eigenvalue weighted by molar-refractivity contribution is -0.167. The molecule has 0 saturated heterocycles. The van der Waals surface area contributed by atoms with E-state index in [0.717, 1.165) is 70.6 Å². The van der Waals surface area contributed by atoms with Gasteiger partial charge < -0.3 is 14.2 Å². The van der Waals surface area contributed by atoms with E-state index in [1.807, 2.05) is 0 Å². The fourth-order valence-electron chi connectivity index (χ4n) is 6.25. The summed E-state index contributed by atoms with van der Waals surface area (Å²) < 4.78 is 16.6. The van der Waals surface area contributed by atoms with E-state index in [1.54, 1.807) is 0 Å². The number of allylic oxidation sites excluding steroid dienone is 12. The fourth-order valence-corrected chi connectivity index (χ4v) is 6.25. The van der Waals surface area contributed by atoms with Crippen LogP contribution in [0.3, 0.4) is 0 Å². The molecule has 0 spiro atoms. The standard InChI is InChI=1S/C52H88O6/c1-4-7-10-13-16-19-21-23-25-26-27-29-30-33-36-39-42-45-51(54)57-48-49(47-56-50(53)44-41-38-35-32-18-15-12-9-6-3)58-52(55)46-43-40-37-34-31-28-24-22-20-17-14-11-8-5-2/h16,19,23,25,27-29,31-33,35-36,49H,4-15,17-18,20-22,24,26,30,34,37-48H2,1-3H3/b19-16-,25-23-,29-27-,31-28-,35-32-,36-33-. The predicted molar refractivity (Wildman–Crippen MR) is 247 cm³/mol. The summed E-state index contributed by atoms with van der Waals surface area (Å²) >= 11 is 0. The smallest absolute Gasteiger partial charge is 0.306 e. The van der Waals surface area contributed by atoms with Crippen LogP contribution in [0.2, 0.25) is 0 Å². The summed E-state index contributed by atoms with van der Waals surface area (Å²) in [4.78, 5) is 37.7. The van der Waals surface area contributed by atoms with Gasteiger partial charge in [-0.25, -0.2) is 0 Å². The van der Waals surface area contributed by atoms with Gasteiger partial charge in [0.1, 0.15) is 13.2 Å². The largest absolute Gasteiger partial charge is 0.462 e. The molecule has 0 fully saturated rings. The molecule has 1 atom stereocenters. The Labute approximate surface area is 357 Å². The third-order valence-corrected chi connectivity index (χ3v) is 9.90. The van der Waals surface area contributed by atoms with Crippen LogP contribution in [0.5, 0.6) is 0 Å². The molecule has 0 aromatic rings. The van der Waals surface area contributed by atoms with Gasteiger partial charge in [-0.2, -0.15) is 0 Å². The average Bonchev–Trinajstić information content (AvgIpc) is 3.22. The van der Waals surface area contributed by atoms with Crippen LogP contribution in [0.25, 0.3) is 0 Å². The monoisotopic (exact) mass is 809 g/mol. The Hall–Kier alpha value is -3.15. The number of hydrogen-bond acceptors (Lipinski definition) is 6. The van der Waals surface area contributed by atoms with Crippen molar-refractivity contribution in [3.8, 4) is 0 Å². The lowest BCUT2D eigenvalue weighted by Gasteiger charge is -2.18. The van der Waals surface area contributed by atoms with E-state index < -0.39 is 6.10 Å². The van der Waals surface area contributed by atoms with E-state index in [1.165, 1.54) is 96.3 Å². The summed E-state index contributed by atoms with van der Waals surface area (Å²) in [6, 6.07) is 0. The van der Waals surface area contributed by atoms with Crippen LogP contribution in [0, 0.1) is 0 Å². The molecular weight excluding hydrogens is 721 g/mol. The Morgan fingerprint density at radius 1 is 0.345 bits per heavy atom. The zero-order valence-corrected chi connectivity index (χ0v) is 37.8. The molecule has 0 aliphatic rings. The summed E-state index contributed by atoms with van der Waals surface area (Å²) in [6.07, 6.45) is 57.6. The topological polar surface area (TPSA) is 78.9 Å². The van der Waals surface area contributed by atoms with E-state index >= 15 is 0 Å². The number of ether oxygens (including phenoxy) is 3. The SMILES string of the molecule is CCCCC/C=C\C/C=C\C/C=C\C/C=C\CCCC(=O)OCC(COC(=O)CCC/C=C\CCCCCC)OC(=O)CCCCC/C=C\CCCCCCCCC. The first-order valence-electron chi connectivity index (χ1n) is 23.9. The molecule has 6 nitrogen and oxygen atoms in total. The highest BCUT2D eigenvalue weighted by molar-refractivity contribution is 5.71. The molecule has 0 rings (SSSR count). The number of unbranched alkanes of at least 4 members (excludes halogenated alkanes) is 19. The minimum Gasteiger partial charge on any atom is -0.462 e. The normalized spacial score (nSPS) is 12.7. The van der Waals surface area contributed by atoms with Crippen LogP contribution >= 0.6 is 0 Å². The Balaban J connectivity index is 4.49. The Kier molecular flexibility index (Phi) is 44.0. The lowest BCUT2D eigenvalue weighted by Crippen LogP contribution is -2.30. The number of esters is 3. The lowest BCUT2D eigenvalue weighted by atomic mass is 10.1. The van der Waals surface area contributed by atoms with Crippen LogP contribution in [0.15, 0.2) is 72.9 Å². The summed E-state index contributed by atoms with van der Waals surface area (Å²) in [6.45, 7) is 6.47. The quantitative estimate of drug-likeness (QED) is 0.0264. The maximum Gasteiger partial charge on any atom is 0.306 e. The van der Waals surface area contributed by atoms with Crippen molar-refractivity contribution in [3.05, 3.63) is 72.9 Å². The van der Waals surface area contributed by atoms with E-state index in [-0.39, 0.29) is 37.5 Å². The molecule has 0 saturated carbocycles. The van der Waals surface area contributed by atoms with Gasteiger partial charge in [-0.1, -0.05) is 171 Å². The van der Waals surface area contributed by atoms with E-state index in [4.69, 9.17) is 14.2 Å². The zero-order chi connectivity index (χ0) is 42.3. The van der Waals surface area contributed by atoms with E-state index in [0.29, 0.717) is 25.7 Å². The highest BCUT2D eigenvalue weighted by atomic mass is 16.6. The minimum absolute atomic E-state index is 0.114. The molecule has 1 unspecified atom stereocenters. The van der Waals surface area contributed by atoms with Crippen LogP contribution in [-0.4, -0.2) is 37.2 Å². The summed E-state index contributed by atoms with van der Waals surface area (Å²) in [7, 11) is 0. The average molecular weight is 809 g/mol. The third-order valence-electron chi connectivity index (χ3n) is 9.90. The maximum absolute atomic E-state index is 12.7. The van der Waals surface area contributed by atoms with Crippen molar-refractivity contribution in [1.29, 1.82) is 0 Å².